The lowest BCUT2D eigenvalue weighted by Crippen LogP contribution is -2.46. The van der Waals surface area contributed by atoms with Crippen LogP contribution >= 0.6 is 0 Å². The van der Waals surface area contributed by atoms with E-state index in [0.717, 1.165) is 0 Å². The van der Waals surface area contributed by atoms with E-state index in [2.05, 4.69) is 0 Å². The normalized spacial score (nSPS) is 21.2. The number of hydrogen-bond acceptors (Lipinski definition) is 4. The lowest BCUT2D eigenvalue weighted by molar-refractivity contribution is -0.156. The highest BCUT2D eigenvalue weighted by molar-refractivity contribution is 6.05. The zero-order chi connectivity index (χ0) is 17.3. The SMILES string of the molecule is COC(=O)C1(C(=O)N2CCC([C@H](O)c3ccc(F)cc3)CC2)CC1. The molecule has 0 aromatic heterocycles. The molecule has 24 heavy (non-hydrogen) atoms. The van der Waals surface area contributed by atoms with Crippen molar-refractivity contribution in [3.8, 4) is 0 Å². The highest BCUT2D eigenvalue weighted by atomic mass is 19.1. The molecule has 1 aliphatic heterocycles. The molecular weight excluding hydrogens is 313 g/mol. The van der Waals surface area contributed by atoms with Crippen LogP contribution in [0.1, 0.15) is 37.4 Å². The van der Waals surface area contributed by atoms with Gasteiger partial charge in [0.05, 0.1) is 13.2 Å². The third-order valence-corrected chi connectivity index (χ3v) is 5.22. The molecule has 1 aromatic carbocycles. The smallest absolute Gasteiger partial charge is 0.321 e. The summed E-state index contributed by atoms with van der Waals surface area (Å²) in [5.41, 5.74) is -0.272. The minimum absolute atomic E-state index is 0.0211. The minimum atomic E-state index is -0.961. The highest BCUT2D eigenvalue weighted by Crippen LogP contribution is 2.49. The lowest BCUT2D eigenvalue weighted by Gasteiger charge is -2.35. The molecule has 2 aliphatic rings. The molecule has 1 heterocycles. The Bertz CT molecular complexity index is 618. The van der Waals surface area contributed by atoms with Gasteiger partial charge in [0.25, 0.3) is 0 Å². The molecule has 6 heteroatoms. The number of piperidine rings is 1. The molecule has 1 N–H and O–H groups in total. The van der Waals surface area contributed by atoms with E-state index in [9.17, 15) is 19.1 Å². The van der Waals surface area contributed by atoms with Gasteiger partial charge in [0, 0.05) is 13.1 Å². The van der Waals surface area contributed by atoms with Crippen LogP contribution in [0.15, 0.2) is 24.3 Å². The first kappa shape index (κ1) is 16.9. The zero-order valence-corrected chi connectivity index (χ0v) is 13.7. The molecule has 1 amide bonds. The van der Waals surface area contributed by atoms with Crippen molar-refractivity contribution in [1.82, 2.24) is 4.90 Å². The Labute approximate surface area is 140 Å². The number of aliphatic hydroxyl groups excluding tert-OH is 1. The summed E-state index contributed by atoms with van der Waals surface area (Å²) in [7, 11) is 1.31. The number of aliphatic hydroxyl groups is 1. The lowest BCUT2D eigenvalue weighted by atomic mass is 9.87. The summed E-state index contributed by atoms with van der Waals surface area (Å²) in [6.45, 7) is 1.03. The first-order valence-corrected chi connectivity index (χ1v) is 8.29. The van der Waals surface area contributed by atoms with Gasteiger partial charge in [-0.25, -0.2) is 4.39 Å². The van der Waals surface area contributed by atoms with Crippen molar-refractivity contribution in [3.05, 3.63) is 35.6 Å². The van der Waals surface area contributed by atoms with Crippen molar-refractivity contribution in [3.63, 3.8) is 0 Å². The molecule has 1 saturated carbocycles. The molecule has 1 atom stereocenters. The Morgan fingerprint density at radius 3 is 2.33 bits per heavy atom. The topological polar surface area (TPSA) is 66.8 Å². The Balaban J connectivity index is 1.59. The number of carbonyl (C=O) groups excluding carboxylic acids is 2. The molecule has 1 aliphatic carbocycles. The molecule has 1 saturated heterocycles. The summed E-state index contributed by atoms with van der Waals surface area (Å²) in [4.78, 5) is 26.1. The number of rotatable bonds is 4. The standard InChI is InChI=1S/C18H22FNO4/c1-24-17(23)18(8-9-18)16(22)20-10-6-13(7-11-20)15(21)12-2-4-14(19)5-3-12/h2-5,13,15,21H,6-11H2,1H3/t15-/m1/s1. The van der Waals surface area contributed by atoms with Crippen LogP contribution < -0.4 is 0 Å². The fraction of sp³-hybridized carbons (Fsp3) is 0.556. The monoisotopic (exact) mass is 335 g/mol. The van der Waals surface area contributed by atoms with Gasteiger partial charge in [-0.2, -0.15) is 0 Å². The number of esters is 1. The Morgan fingerprint density at radius 2 is 1.83 bits per heavy atom. The molecule has 3 rings (SSSR count). The number of benzene rings is 1. The van der Waals surface area contributed by atoms with Crippen molar-refractivity contribution in [2.75, 3.05) is 20.2 Å². The van der Waals surface area contributed by atoms with Crippen LogP contribution in [-0.2, 0) is 14.3 Å². The van der Waals surface area contributed by atoms with Gasteiger partial charge < -0.3 is 14.7 Å². The van der Waals surface area contributed by atoms with Gasteiger partial charge in [-0.15, -0.1) is 0 Å². The van der Waals surface area contributed by atoms with E-state index in [1.165, 1.54) is 19.2 Å². The van der Waals surface area contributed by atoms with Gasteiger partial charge in [0.15, 0.2) is 0 Å². The van der Waals surface area contributed by atoms with Crippen LogP contribution in [0.2, 0.25) is 0 Å². The molecule has 0 spiro atoms. The van der Waals surface area contributed by atoms with E-state index in [-0.39, 0.29) is 17.6 Å². The van der Waals surface area contributed by atoms with Crippen LogP contribution in [0.5, 0.6) is 0 Å². The fourth-order valence-electron chi connectivity index (χ4n) is 3.48. The fourth-order valence-corrected chi connectivity index (χ4v) is 3.48. The quantitative estimate of drug-likeness (QED) is 0.675. The number of ether oxygens (including phenoxy) is 1. The first-order valence-electron chi connectivity index (χ1n) is 8.29. The van der Waals surface area contributed by atoms with Gasteiger partial charge >= 0.3 is 5.97 Å². The van der Waals surface area contributed by atoms with Gasteiger partial charge in [-0.05, 0) is 49.3 Å². The Kier molecular flexibility index (Phi) is 4.58. The number of methoxy groups -OCH3 is 1. The molecular formula is C18H22FNO4. The Morgan fingerprint density at radius 1 is 1.25 bits per heavy atom. The summed E-state index contributed by atoms with van der Waals surface area (Å²) in [5.74, 6) is -0.901. The van der Waals surface area contributed by atoms with E-state index < -0.39 is 17.5 Å². The van der Waals surface area contributed by atoms with Crippen LogP contribution in [-0.4, -0.2) is 42.1 Å². The summed E-state index contributed by atoms with van der Waals surface area (Å²) < 4.78 is 17.7. The zero-order valence-electron chi connectivity index (χ0n) is 13.7. The number of amides is 1. The van der Waals surface area contributed by atoms with Gasteiger partial charge in [-0.3, -0.25) is 9.59 Å². The van der Waals surface area contributed by atoms with Crippen molar-refractivity contribution in [2.45, 2.75) is 31.8 Å². The molecule has 5 nitrogen and oxygen atoms in total. The van der Waals surface area contributed by atoms with Crippen molar-refractivity contribution < 1.29 is 23.8 Å². The number of hydrogen-bond donors (Lipinski definition) is 1. The maximum atomic E-state index is 13.0. The van der Waals surface area contributed by atoms with Crippen molar-refractivity contribution in [1.29, 1.82) is 0 Å². The Hall–Kier alpha value is -1.95. The molecule has 0 radical (unpaired) electrons. The number of nitrogens with zero attached hydrogens (tertiary/aromatic N) is 1. The molecule has 1 aromatic rings. The highest BCUT2D eigenvalue weighted by Gasteiger charge is 2.59. The summed E-state index contributed by atoms with van der Waals surface area (Å²) >= 11 is 0. The second kappa shape index (κ2) is 6.51. The molecule has 130 valence electrons. The average Bonchev–Trinajstić information content (AvgIpc) is 3.42. The minimum Gasteiger partial charge on any atom is -0.468 e. The van der Waals surface area contributed by atoms with Crippen LogP contribution in [0.4, 0.5) is 4.39 Å². The molecule has 2 fully saturated rings. The van der Waals surface area contributed by atoms with E-state index in [0.29, 0.717) is 44.3 Å². The average molecular weight is 335 g/mol. The van der Waals surface area contributed by atoms with E-state index >= 15 is 0 Å². The van der Waals surface area contributed by atoms with Crippen molar-refractivity contribution in [2.24, 2.45) is 11.3 Å². The summed E-state index contributed by atoms with van der Waals surface area (Å²) in [5, 5.41) is 10.5. The number of likely N-dealkylation sites (tertiary alicyclic amines) is 1. The van der Waals surface area contributed by atoms with Gasteiger partial charge in [0.1, 0.15) is 11.2 Å². The third-order valence-electron chi connectivity index (χ3n) is 5.22. The third kappa shape index (κ3) is 3.02. The van der Waals surface area contributed by atoms with Gasteiger partial charge in [0.2, 0.25) is 5.91 Å². The second-order valence-electron chi connectivity index (χ2n) is 6.70. The number of carbonyl (C=O) groups is 2. The maximum absolute atomic E-state index is 13.0. The van der Waals surface area contributed by atoms with E-state index in [4.69, 9.17) is 4.74 Å². The summed E-state index contributed by atoms with van der Waals surface area (Å²) in [6, 6.07) is 5.86. The number of halogens is 1. The summed E-state index contributed by atoms with van der Waals surface area (Å²) in [6.07, 6.45) is 1.74. The van der Waals surface area contributed by atoms with Crippen LogP contribution in [0.25, 0.3) is 0 Å². The predicted octanol–water partition coefficient (Wildman–Crippen LogP) is 2.05. The van der Waals surface area contributed by atoms with Gasteiger partial charge in [-0.1, -0.05) is 12.1 Å². The van der Waals surface area contributed by atoms with E-state index in [1.54, 1.807) is 17.0 Å². The molecule has 0 unspecified atom stereocenters. The maximum Gasteiger partial charge on any atom is 0.321 e. The molecule has 0 bridgehead atoms. The second-order valence-corrected chi connectivity index (χ2v) is 6.70. The predicted molar refractivity (Wildman–Crippen MR) is 84.3 cm³/mol. The van der Waals surface area contributed by atoms with E-state index in [1.807, 2.05) is 0 Å². The largest absolute Gasteiger partial charge is 0.468 e. The van der Waals surface area contributed by atoms with Crippen LogP contribution in [0.3, 0.4) is 0 Å². The van der Waals surface area contributed by atoms with Crippen molar-refractivity contribution >= 4 is 11.9 Å². The first-order chi connectivity index (χ1) is 11.5. The van der Waals surface area contributed by atoms with Crippen LogP contribution in [0, 0.1) is 17.2 Å².